The fourth-order valence-corrected chi connectivity index (χ4v) is 15.4. The molecule has 4 heteroatoms. The van der Waals surface area contributed by atoms with Crippen LogP contribution in [0.4, 0.5) is 0 Å². The maximum absolute atomic E-state index is 5.50. The lowest BCUT2D eigenvalue weighted by molar-refractivity contribution is 0.397. The lowest BCUT2D eigenvalue weighted by Gasteiger charge is -2.33. The fourth-order valence-electron chi connectivity index (χ4n) is 15.4. The first-order valence-corrected chi connectivity index (χ1v) is 34.5. The first-order valence-electron chi connectivity index (χ1n) is 34.5. The molecule has 0 amide bonds. The number of hydrogen-bond donors (Lipinski definition) is 2. The van der Waals surface area contributed by atoms with Gasteiger partial charge >= 0.3 is 0 Å². The Morgan fingerprint density at radius 3 is 1.18 bits per heavy atom. The van der Waals surface area contributed by atoms with Gasteiger partial charge in [0.2, 0.25) is 0 Å². The molecular weight excluding hydrogens is 1030 g/mol. The van der Waals surface area contributed by atoms with E-state index in [1.807, 2.05) is 0 Å². The minimum absolute atomic E-state index is 0.0203. The molecule has 4 nitrogen and oxygen atoms in total. The number of nitrogens with zero attached hydrogens (tertiary/aromatic N) is 2. The van der Waals surface area contributed by atoms with Crippen molar-refractivity contribution in [1.82, 2.24) is 19.9 Å². The highest BCUT2D eigenvalue weighted by Crippen LogP contribution is 2.56. The quantitative estimate of drug-likeness (QED) is 0.0403. The number of hydrogen-bond acceptors (Lipinski definition) is 2. The molecule has 4 aromatic carbocycles. The van der Waals surface area contributed by atoms with Gasteiger partial charge in [-0.25, -0.2) is 9.97 Å². The normalized spacial score (nSPS) is 16.3. The zero-order valence-corrected chi connectivity index (χ0v) is 52.7. The number of aromatic nitrogens is 4. The Bertz CT molecular complexity index is 3580. The summed E-state index contributed by atoms with van der Waals surface area (Å²) >= 11 is 0. The van der Waals surface area contributed by atoms with Crippen molar-refractivity contribution in [1.29, 1.82) is 0 Å². The molecule has 444 valence electrons. The van der Waals surface area contributed by atoms with E-state index in [-0.39, 0.29) is 10.8 Å². The Balaban J connectivity index is 0.918. The Hall–Kier alpha value is -6.52. The molecular formula is C81H100N4. The second kappa shape index (κ2) is 29.2. The van der Waals surface area contributed by atoms with Crippen LogP contribution in [0.5, 0.6) is 0 Å². The monoisotopic (exact) mass is 1130 g/mol. The summed E-state index contributed by atoms with van der Waals surface area (Å²) in [6, 6.07) is 46.7. The standard InChI is InChI=1S/C81H100N4/c1-5-8-11-14-17-19-20-21-22-23-24-26-29-36-55-81(54-35-28-25-18-15-12-9-6-2)71-40-33-31-38-67(71)69-48-42-61(57-73(69)81)79-76-51-45-64(84-76)58-62-43-49-74(82-62)78(75-50-44-63(83-75)59-65-46-52-77(79)85-65)60-41-47-68-66-37-30-32-39-70(66)80(4,72(68)56-60)53-34-27-16-13-10-7-3/h30-33,37-52,56-59,82,85H,5-29,34-36,53-55H2,1-4H3. The lowest BCUT2D eigenvalue weighted by atomic mass is 9.70. The molecule has 4 aliphatic rings. The van der Waals surface area contributed by atoms with Crippen LogP contribution in [0.1, 0.15) is 272 Å². The molecule has 0 radical (unpaired) electrons. The maximum Gasteiger partial charge on any atom is 0.0736 e. The predicted octanol–water partition coefficient (Wildman–Crippen LogP) is 24.7. The van der Waals surface area contributed by atoms with E-state index in [2.05, 4.69) is 183 Å². The molecule has 2 aliphatic carbocycles. The van der Waals surface area contributed by atoms with Gasteiger partial charge in [-0.2, -0.15) is 0 Å². The van der Waals surface area contributed by atoms with Gasteiger partial charge in [0.1, 0.15) is 0 Å². The molecule has 0 saturated carbocycles. The summed E-state index contributed by atoms with van der Waals surface area (Å²) in [6.45, 7) is 9.44. The largest absolute Gasteiger partial charge is 0.355 e. The van der Waals surface area contributed by atoms with Crippen molar-refractivity contribution < 1.29 is 0 Å². The van der Waals surface area contributed by atoms with E-state index < -0.39 is 0 Å². The molecule has 7 aromatic rings. The van der Waals surface area contributed by atoms with E-state index >= 15 is 0 Å². The van der Waals surface area contributed by atoms with Crippen molar-refractivity contribution in [2.75, 3.05) is 0 Å². The molecule has 8 bridgehead atoms. The molecule has 2 atom stereocenters. The van der Waals surface area contributed by atoms with Gasteiger partial charge in [-0.05, 0) is 148 Å². The van der Waals surface area contributed by atoms with E-state index in [0.29, 0.717) is 0 Å². The number of rotatable bonds is 33. The highest BCUT2D eigenvalue weighted by molar-refractivity contribution is 5.95. The van der Waals surface area contributed by atoms with E-state index in [9.17, 15) is 0 Å². The Morgan fingerprint density at radius 1 is 0.329 bits per heavy atom. The third-order valence-electron chi connectivity index (χ3n) is 20.1. The predicted molar refractivity (Wildman–Crippen MR) is 368 cm³/mol. The van der Waals surface area contributed by atoms with Crippen molar-refractivity contribution in [3.8, 4) is 44.5 Å². The summed E-state index contributed by atoms with van der Waals surface area (Å²) in [4.78, 5) is 18.7. The number of aromatic amines is 2. The Labute approximate surface area is 512 Å². The first kappa shape index (κ1) is 60.2. The van der Waals surface area contributed by atoms with Crippen LogP contribution in [0.2, 0.25) is 0 Å². The molecule has 0 saturated heterocycles. The fraction of sp³-hybridized carbons (Fsp3) is 0.457. The third-order valence-corrected chi connectivity index (χ3v) is 20.1. The number of fused-ring (bicyclic) bond motifs is 14. The maximum atomic E-state index is 5.50. The average molecular weight is 1130 g/mol. The molecule has 0 fully saturated rings. The average Bonchev–Trinajstić information content (AvgIpc) is 2.00. The summed E-state index contributed by atoms with van der Waals surface area (Å²) in [5.41, 5.74) is 24.2. The Morgan fingerprint density at radius 2 is 0.706 bits per heavy atom. The zero-order chi connectivity index (χ0) is 58.3. The number of nitrogens with one attached hydrogen (secondary N) is 2. The lowest BCUT2D eigenvalue weighted by Crippen LogP contribution is -2.25. The van der Waals surface area contributed by atoms with Gasteiger partial charge in [0.15, 0.2) is 0 Å². The minimum atomic E-state index is -0.0621. The van der Waals surface area contributed by atoms with E-state index in [1.54, 1.807) is 5.56 Å². The zero-order valence-electron chi connectivity index (χ0n) is 52.7. The SMILES string of the molecule is CCCCCCCCCCCCCCCCC1(CCCCCCCCCC)c2ccccc2-c2ccc(-c3c4nc(cc5ccc([nH]5)c(-c5ccc6c(c5)C(C)(CCCCCCCC)c5ccccc5-6)c5nc(cc6ccc3[nH]6)C=C5)C=C4)cc21. The topological polar surface area (TPSA) is 57.4 Å². The van der Waals surface area contributed by atoms with Crippen molar-refractivity contribution in [2.24, 2.45) is 0 Å². The van der Waals surface area contributed by atoms with Crippen LogP contribution in [-0.2, 0) is 10.8 Å². The second-order valence-corrected chi connectivity index (χ2v) is 26.3. The van der Waals surface area contributed by atoms with Crippen LogP contribution < -0.4 is 0 Å². The van der Waals surface area contributed by atoms with E-state index in [4.69, 9.17) is 9.97 Å². The van der Waals surface area contributed by atoms with Crippen molar-refractivity contribution in [3.05, 3.63) is 166 Å². The van der Waals surface area contributed by atoms with Gasteiger partial charge in [0.25, 0.3) is 0 Å². The van der Waals surface area contributed by atoms with Crippen LogP contribution in [-0.4, -0.2) is 19.9 Å². The first-order chi connectivity index (χ1) is 41.9. The van der Waals surface area contributed by atoms with Gasteiger partial charge in [-0.3, -0.25) is 0 Å². The smallest absolute Gasteiger partial charge is 0.0736 e. The number of unbranched alkanes of at least 4 members (excludes halogenated alkanes) is 25. The van der Waals surface area contributed by atoms with Gasteiger partial charge in [0, 0.05) is 44.0 Å². The van der Waals surface area contributed by atoms with Crippen LogP contribution >= 0.6 is 0 Å². The van der Waals surface area contributed by atoms with Gasteiger partial charge in [-0.15, -0.1) is 0 Å². The van der Waals surface area contributed by atoms with Crippen LogP contribution in [0.3, 0.4) is 0 Å². The van der Waals surface area contributed by atoms with Crippen LogP contribution in [0.15, 0.2) is 121 Å². The second-order valence-electron chi connectivity index (χ2n) is 26.3. The molecule has 0 spiro atoms. The van der Waals surface area contributed by atoms with E-state index in [1.165, 1.54) is 243 Å². The Kier molecular flexibility index (Phi) is 20.7. The summed E-state index contributed by atoms with van der Waals surface area (Å²) in [6.07, 6.45) is 50.3. The summed E-state index contributed by atoms with van der Waals surface area (Å²) in [5, 5.41) is 0. The van der Waals surface area contributed by atoms with Crippen molar-refractivity contribution >= 4 is 46.4 Å². The summed E-state index contributed by atoms with van der Waals surface area (Å²) < 4.78 is 0. The molecule has 2 aliphatic heterocycles. The molecule has 2 N–H and O–H groups in total. The van der Waals surface area contributed by atoms with Crippen LogP contribution in [0.25, 0.3) is 90.9 Å². The van der Waals surface area contributed by atoms with Gasteiger partial charge < -0.3 is 9.97 Å². The molecule has 2 unspecified atom stereocenters. The highest BCUT2D eigenvalue weighted by atomic mass is 14.8. The van der Waals surface area contributed by atoms with Crippen LogP contribution in [0, 0.1) is 0 Å². The molecule has 85 heavy (non-hydrogen) atoms. The molecule has 3 aromatic heterocycles. The van der Waals surface area contributed by atoms with Gasteiger partial charge in [-0.1, -0.05) is 280 Å². The summed E-state index contributed by atoms with van der Waals surface area (Å²) in [5.74, 6) is 0. The van der Waals surface area contributed by atoms with E-state index in [0.717, 1.165) is 62.4 Å². The highest BCUT2D eigenvalue weighted by Gasteiger charge is 2.43. The molecule has 5 heterocycles. The van der Waals surface area contributed by atoms with Gasteiger partial charge in [0.05, 0.1) is 22.8 Å². The summed E-state index contributed by atoms with van der Waals surface area (Å²) in [7, 11) is 0. The minimum Gasteiger partial charge on any atom is -0.355 e. The number of H-pyrrole nitrogens is 2. The van der Waals surface area contributed by atoms with Crippen molar-refractivity contribution in [2.45, 2.75) is 238 Å². The number of benzene rings is 4. The van der Waals surface area contributed by atoms with Crippen molar-refractivity contribution in [3.63, 3.8) is 0 Å². The third kappa shape index (κ3) is 13.9. The molecule has 11 rings (SSSR count).